The summed E-state index contributed by atoms with van der Waals surface area (Å²) >= 11 is 1.37. The minimum atomic E-state index is -0.677. The van der Waals surface area contributed by atoms with E-state index in [9.17, 15) is 24.5 Å². The molecule has 1 unspecified atom stereocenters. The van der Waals surface area contributed by atoms with Crippen LogP contribution in [-0.2, 0) is 16.1 Å². The molecule has 1 aromatic heterocycles. The second-order valence-electron chi connectivity index (χ2n) is 11.7. The van der Waals surface area contributed by atoms with Gasteiger partial charge in [-0.1, -0.05) is 61.5 Å². The van der Waals surface area contributed by atoms with Crippen LogP contribution in [0.3, 0.4) is 0 Å². The second kappa shape index (κ2) is 15.6. The van der Waals surface area contributed by atoms with E-state index in [1.807, 2.05) is 43.3 Å². The van der Waals surface area contributed by atoms with E-state index in [-0.39, 0.29) is 22.9 Å². The van der Waals surface area contributed by atoms with Gasteiger partial charge in [0, 0.05) is 56.3 Å². The molecule has 0 radical (unpaired) electrons. The van der Waals surface area contributed by atoms with Crippen molar-refractivity contribution in [2.45, 2.75) is 37.0 Å². The van der Waals surface area contributed by atoms with E-state index in [0.29, 0.717) is 23.4 Å². The van der Waals surface area contributed by atoms with Gasteiger partial charge < -0.3 is 20.5 Å². The van der Waals surface area contributed by atoms with E-state index in [0.717, 1.165) is 33.2 Å². The number of nitrogens with one attached hydrogen (secondary N) is 3. The predicted octanol–water partition coefficient (Wildman–Crippen LogP) is 8.64. The molecule has 51 heavy (non-hydrogen) atoms. The Labute approximate surface area is 298 Å². The number of carbonyl (C=O) groups excluding carboxylic acids is 3. The zero-order valence-corrected chi connectivity index (χ0v) is 28.8. The zero-order valence-electron chi connectivity index (χ0n) is 28.0. The Morgan fingerprint density at radius 3 is 2.25 bits per heavy atom. The smallest absolute Gasteiger partial charge is 0.276 e. The summed E-state index contributed by atoms with van der Waals surface area (Å²) in [5.41, 5.74) is 3.45. The standard InChI is InChI=1S/C40H35N5O5S/c1-3-37(40(48)42-29-21-22-36-32(25-29)31-18-9-11-20-35(31)44(36)4-2)51-30-17-12-16-28(24-30)41-39(47)33(43-38(46)26-13-6-5-7-14-26)23-27-15-8-10-19-34(27)45(49)50/h5-25,37H,3-4H2,1-2H3,(H,41,47)(H,42,48)(H,43,46)/b33-23+. The highest BCUT2D eigenvalue weighted by Gasteiger charge is 2.21. The third-order valence-electron chi connectivity index (χ3n) is 8.35. The van der Waals surface area contributed by atoms with Gasteiger partial charge in [-0.25, -0.2) is 0 Å². The largest absolute Gasteiger partial charge is 0.341 e. The number of carbonyl (C=O) groups is 3. The molecule has 11 heteroatoms. The quantitative estimate of drug-likeness (QED) is 0.0507. The van der Waals surface area contributed by atoms with Crippen molar-refractivity contribution in [2.75, 3.05) is 10.6 Å². The Morgan fingerprint density at radius 2 is 1.49 bits per heavy atom. The van der Waals surface area contributed by atoms with Crippen LogP contribution in [0.2, 0.25) is 0 Å². The van der Waals surface area contributed by atoms with Crippen LogP contribution in [0.1, 0.15) is 36.2 Å². The molecule has 3 amide bonds. The third-order valence-corrected chi connectivity index (χ3v) is 9.71. The maximum atomic E-state index is 13.6. The minimum absolute atomic E-state index is 0.145. The number of hydrogen-bond donors (Lipinski definition) is 3. The lowest BCUT2D eigenvalue weighted by Gasteiger charge is -2.16. The van der Waals surface area contributed by atoms with Gasteiger partial charge in [-0.05, 0) is 80.1 Å². The number of amides is 3. The first kappa shape index (κ1) is 34.7. The van der Waals surface area contributed by atoms with Crippen molar-refractivity contribution in [2.24, 2.45) is 0 Å². The van der Waals surface area contributed by atoms with Gasteiger partial charge >= 0.3 is 0 Å². The van der Waals surface area contributed by atoms with Crippen molar-refractivity contribution >= 4 is 74.4 Å². The Hall–Kier alpha value is -6.20. The normalized spacial score (nSPS) is 12.0. The van der Waals surface area contributed by atoms with Crippen LogP contribution in [0, 0.1) is 10.1 Å². The first-order chi connectivity index (χ1) is 24.7. The Morgan fingerprint density at radius 1 is 0.784 bits per heavy atom. The van der Waals surface area contributed by atoms with E-state index < -0.39 is 22.0 Å². The molecule has 5 aromatic carbocycles. The van der Waals surface area contributed by atoms with Crippen LogP contribution in [0.25, 0.3) is 27.9 Å². The van der Waals surface area contributed by atoms with E-state index in [1.54, 1.807) is 54.6 Å². The first-order valence-electron chi connectivity index (χ1n) is 16.5. The van der Waals surface area contributed by atoms with Crippen molar-refractivity contribution in [1.82, 2.24) is 9.88 Å². The lowest BCUT2D eigenvalue weighted by Crippen LogP contribution is -2.30. The molecule has 0 aliphatic carbocycles. The topological polar surface area (TPSA) is 135 Å². The number of nitrogens with zero attached hydrogens (tertiary/aromatic N) is 2. The summed E-state index contributed by atoms with van der Waals surface area (Å²) in [6.45, 7) is 4.89. The fraction of sp³-hybridized carbons (Fsp3) is 0.125. The fourth-order valence-electron chi connectivity index (χ4n) is 5.90. The number of rotatable bonds is 12. The lowest BCUT2D eigenvalue weighted by atomic mass is 10.1. The number of anilines is 2. The molecular weight excluding hydrogens is 663 g/mol. The maximum Gasteiger partial charge on any atom is 0.276 e. The highest BCUT2D eigenvalue weighted by molar-refractivity contribution is 8.00. The third kappa shape index (κ3) is 7.84. The summed E-state index contributed by atoms with van der Waals surface area (Å²) in [6, 6.07) is 35.5. The van der Waals surface area contributed by atoms with Crippen molar-refractivity contribution < 1.29 is 19.3 Å². The molecule has 1 heterocycles. The van der Waals surface area contributed by atoms with Crippen molar-refractivity contribution in [3.05, 3.63) is 148 Å². The molecule has 0 spiro atoms. The van der Waals surface area contributed by atoms with Crippen molar-refractivity contribution in [3.8, 4) is 0 Å². The van der Waals surface area contributed by atoms with Crippen LogP contribution in [0.15, 0.2) is 132 Å². The minimum Gasteiger partial charge on any atom is -0.341 e. The summed E-state index contributed by atoms with van der Waals surface area (Å²) in [6.07, 6.45) is 1.83. The second-order valence-corrected chi connectivity index (χ2v) is 12.9. The Kier molecular flexibility index (Phi) is 10.6. The fourth-order valence-corrected chi connectivity index (χ4v) is 6.91. The van der Waals surface area contributed by atoms with Crippen LogP contribution in [-0.4, -0.2) is 32.5 Å². The number of nitro benzene ring substituents is 1. The summed E-state index contributed by atoms with van der Waals surface area (Å²) < 4.78 is 2.26. The number of hydrogen-bond acceptors (Lipinski definition) is 6. The molecule has 1 atom stereocenters. The van der Waals surface area contributed by atoms with Gasteiger partial charge in [0.25, 0.3) is 17.5 Å². The van der Waals surface area contributed by atoms with Gasteiger partial charge in [0.15, 0.2) is 0 Å². The van der Waals surface area contributed by atoms with Crippen LogP contribution < -0.4 is 16.0 Å². The number of fused-ring (bicyclic) bond motifs is 3. The summed E-state index contributed by atoms with van der Waals surface area (Å²) in [4.78, 5) is 52.1. The molecular formula is C40H35N5O5S. The molecule has 0 aliphatic rings. The van der Waals surface area contributed by atoms with Crippen LogP contribution in [0.4, 0.5) is 17.1 Å². The molecule has 0 aliphatic heterocycles. The number of nitro groups is 1. The highest BCUT2D eigenvalue weighted by atomic mass is 32.2. The average molecular weight is 698 g/mol. The van der Waals surface area contributed by atoms with E-state index in [2.05, 4.69) is 39.6 Å². The SMILES string of the molecule is CCC(Sc1cccc(NC(=O)/C(=C\c2ccccc2[N+](=O)[O-])NC(=O)c2ccccc2)c1)C(=O)Nc1ccc2c(c1)c1ccccc1n2CC. The molecule has 0 bridgehead atoms. The zero-order chi connectivity index (χ0) is 35.9. The molecule has 0 saturated heterocycles. The summed E-state index contributed by atoms with van der Waals surface area (Å²) in [5.74, 6) is -1.37. The molecule has 3 N–H and O–H groups in total. The van der Waals surface area contributed by atoms with E-state index in [4.69, 9.17) is 0 Å². The molecule has 10 nitrogen and oxygen atoms in total. The van der Waals surface area contributed by atoms with Crippen molar-refractivity contribution in [1.29, 1.82) is 0 Å². The van der Waals surface area contributed by atoms with E-state index in [1.165, 1.54) is 36.0 Å². The van der Waals surface area contributed by atoms with Gasteiger partial charge in [-0.3, -0.25) is 24.5 Å². The van der Waals surface area contributed by atoms with Gasteiger partial charge in [-0.15, -0.1) is 11.8 Å². The number of para-hydroxylation sites is 2. The van der Waals surface area contributed by atoms with Crippen LogP contribution in [0.5, 0.6) is 0 Å². The van der Waals surface area contributed by atoms with Gasteiger partial charge in [0.2, 0.25) is 5.91 Å². The molecule has 0 fully saturated rings. The molecule has 0 saturated carbocycles. The number of benzene rings is 5. The molecule has 6 rings (SSSR count). The van der Waals surface area contributed by atoms with Gasteiger partial charge in [0.05, 0.1) is 15.7 Å². The van der Waals surface area contributed by atoms with Crippen LogP contribution >= 0.6 is 11.8 Å². The predicted molar refractivity (Wildman–Crippen MR) is 204 cm³/mol. The monoisotopic (exact) mass is 697 g/mol. The average Bonchev–Trinajstić information content (AvgIpc) is 3.47. The van der Waals surface area contributed by atoms with Gasteiger partial charge in [-0.2, -0.15) is 0 Å². The maximum absolute atomic E-state index is 13.6. The lowest BCUT2D eigenvalue weighted by molar-refractivity contribution is -0.385. The summed E-state index contributed by atoms with van der Waals surface area (Å²) in [7, 11) is 0. The number of thioether (sulfide) groups is 1. The Balaban J connectivity index is 1.19. The molecule has 6 aromatic rings. The van der Waals surface area contributed by atoms with Gasteiger partial charge in [0.1, 0.15) is 5.70 Å². The number of aromatic nitrogens is 1. The first-order valence-corrected chi connectivity index (χ1v) is 17.3. The molecule has 256 valence electrons. The summed E-state index contributed by atoms with van der Waals surface area (Å²) in [5, 5.41) is 22.0. The highest BCUT2D eigenvalue weighted by Crippen LogP contribution is 2.33. The Bertz CT molecular complexity index is 2300. The van der Waals surface area contributed by atoms with E-state index >= 15 is 0 Å². The van der Waals surface area contributed by atoms with Crippen molar-refractivity contribution in [3.63, 3.8) is 0 Å². The number of aryl methyl sites for hydroxylation is 1.